The Kier molecular flexibility index (Phi) is 4.66. The fourth-order valence-electron chi connectivity index (χ4n) is 6.42. The standard InChI is InChI=1S/C22H28ClN3OS/c1-14(27)26(19-5-3-18(23)4-6-19)20-13-28-21(25(20)2)24-22-10-15-7-16(11-22)9-17(8-15)12-22/h3-6,15-17,20H,7-13H2,1-2H3. The number of hydrogen-bond donors (Lipinski definition) is 0. The predicted octanol–water partition coefficient (Wildman–Crippen LogP) is 5.02. The number of halogens is 1. The summed E-state index contributed by atoms with van der Waals surface area (Å²) >= 11 is 7.85. The average molecular weight is 418 g/mol. The summed E-state index contributed by atoms with van der Waals surface area (Å²) in [5, 5.41) is 1.80. The Labute approximate surface area is 176 Å². The Bertz CT molecular complexity index is 773. The summed E-state index contributed by atoms with van der Waals surface area (Å²) in [4.78, 5) is 22.0. The predicted molar refractivity (Wildman–Crippen MR) is 117 cm³/mol. The van der Waals surface area contributed by atoms with Crippen molar-refractivity contribution in [2.75, 3.05) is 17.7 Å². The van der Waals surface area contributed by atoms with Gasteiger partial charge in [-0.3, -0.25) is 14.7 Å². The number of carbonyl (C=O) groups excluding carboxylic acids is 1. The molecule has 1 aromatic rings. The quantitative estimate of drug-likeness (QED) is 0.692. The van der Waals surface area contributed by atoms with Crippen molar-refractivity contribution >= 4 is 40.1 Å². The molecule has 1 aliphatic heterocycles. The maximum absolute atomic E-state index is 12.5. The van der Waals surface area contributed by atoms with E-state index in [-0.39, 0.29) is 17.6 Å². The zero-order valence-electron chi connectivity index (χ0n) is 16.6. The smallest absolute Gasteiger partial charge is 0.225 e. The van der Waals surface area contributed by atoms with E-state index in [4.69, 9.17) is 16.6 Å². The molecular formula is C22H28ClN3OS. The van der Waals surface area contributed by atoms with Gasteiger partial charge in [0.1, 0.15) is 6.17 Å². The molecule has 4 aliphatic carbocycles. The van der Waals surface area contributed by atoms with E-state index in [1.807, 2.05) is 40.9 Å². The second kappa shape index (κ2) is 6.94. The highest BCUT2D eigenvalue weighted by Gasteiger charge is 2.51. The van der Waals surface area contributed by atoms with Crippen molar-refractivity contribution in [3.05, 3.63) is 29.3 Å². The molecular weight excluding hydrogens is 390 g/mol. The van der Waals surface area contributed by atoms with E-state index in [1.165, 1.54) is 38.5 Å². The van der Waals surface area contributed by atoms with Crippen LogP contribution >= 0.6 is 23.4 Å². The first-order valence-corrected chi connectivity index (χ1v) is 11.8. The normalized spacial score (nSPS) is 37.7. The highest BCUT2D eigenvalue weighted by Crippen LogP contribution is 2.57. The van der Waals surface area contributed by atoms with Crippen LogP contribution in [0.15, 0.2) is 29.3 Å². The number of benzene rings is 1. The summed E-state index contributed by atoms with van der Waals surface area (Å²) in [6.07, 6.45) is 8.12. The molecule has 6 heteroatoms. The lowest BCUT2D eigenvalue weighted by atomic mass is 9.53. The molecule has 1 aromatic carbocycles. The van der Waals surface area contributed by atoms with Crippen molar-refractivity contribution in [1.29, 1.82) is 0 Å². The third-order valence-corrected chi connectivity index (χ3v) is 8.55. The van der Waals surface area contributed by atoms with E-state index in [2.05, 4.69) is 11.9 Å². The molecule has 5 fully saturated rings. The number of aliphatic imine (C=N–C) groups is 1. The average Bonchev–Trinajstić information content (AvgIpc) is 2.95. The lowest BCUT2D eigenvalue weighted by Crippen LogP contribution is -2.51. The molecule has 4 bridgehead atoms. The zero-order valence-corrected chi connectivity index (χ0v) is 18.2. The van der Waals surface area contributed by atoms with Gasteiger partial charge in [0.2, 0.25) is 5.91 Å². The van der Waals surface area contributed by atoms with E-state index in [1.54, 1.807) is 6.92 Å². The Hall–Kier alpha value is -1.20. The van der Waals surface area contributed by atoms with Crippen LogP contribution in [0.3, 0.4) is 0 Å². The lowest BCUT2D eigenvalue weighted by Gasteiger charge is -2.55. The van der Waals surface area contributed by atoms with Gasteiger partial charge in [-0.25, -0.2) is 0 Å². The van der Waals surface area contributed by atoms with Crippen molar-refractivity contribution in [2.45, 2.75) is 57.2 Å². The van der Waals surface area contributed by atoms with Gasteiger partial charge in [-0.2, -0.15) is 0 Å². The summed E-state index contributed by atoms with van der Waals surface area (Å²) in [6.45, 7) is 1.64. The highest BCUT2D eigenvalue weighted by atomic mass is 35.5. The van der Waals surface area contributed by atoms with E-state index in [0.29, 0.717) is 5.02 Å². The highest BCUT2D eigenvalue weighted by molar-refractivity contribution is 8.14. The fraction of sp³-hybridized carbons (Fsp3) is 0.636. The fourth-order valence-corrected chi connectivity index (χ4v) is 7.80. The largest absolute Gasteiger partial charge is 0.333 e. The number of hydrogen-bond acceptors (Lipinski definition) is 3. The molecule has 150 valence electrons. The van der Waals surface area contributed by atoms with Crippen LogP contribution in [0.4, 0.5) is 5.69 Å². The first-order valence-electron chi connectivity index (χ1n) is 10.4. The van der Waals surface area contributed by atoms with Crippen LogP contribution in [0.1, 0.15) is 45.4 Å². The Morgan fingerprint density at radius 3 is 2.25 bits per heavy atom. The number of rotatable bonds is 3. The number of anilines is 1. The topological polar surface area (TPSA) is 35.9 Å². The van der Waals surface area contributed by atoms with Gasteiger partial charge in [0.15, 0.2) is 5.17 Å². The molecule has 6 rings (SSSR count). The van der Waals surface area contributed by atoms with Gasteiger partial charge in [0.05, 0.1) is 5.54 Å². The first-order chi connectivity index (χ1) is 13.4. The van der Waals surface area contributed by atoms with Crippen LogP contribution in [0.5, 0.6) is 0 Å². The molecule has 1 amide bonds. The van der Waals surface area contributed by atoms with Gasteiger partial charge >= 0.3 is 0 Å². The van der Waals surface area contributed by atoms with E-state index >= 15 is 0 Å². The molecule has 4 saturated carbocycles. The molecule has 0 aromatic heterocycles. The minimum atomic E-state index is -0.00339. The third-order valence-electron chi connectivity index (χ3n) is 7.19. The van der Waals surface area contributed by atoms with E-state index in [0.717, 1.165) is 34.4 Å². The van der Waals surface area contributed by atoms with Crippen molar-refractivity contribution in [3.63, 3.8) is 0 Å². The number of thioether (sulfide) groups is 1. The second-order valence-corrected chi connectivity index (χ2v) is 10.7. The molecule has 1 unspecified atom stereocenters. The molecule has 0 N–H and O–H groups in total. The molecule has 0 spiro atoms. The van der Waals surface area contributed by atoms with Gasteiger partial charge in [0.25, 0.3) is 0 Å². The molecule has 5 aliphatic rings. The summed E-state index contributed by atoms with van der Waals surface area (Å²) in [6, 6.07) is 7.55. The third kappa shape index (κ3) is 3.24. The summed E-state index contributed by atoms with van der Waals surface area (Å²) in [7, 11) is 2.09. The Morgan fingerprint density at radius 1 is 1.14 bits per heavy atom. The minimum Gasteiger partial charge on any atom is -0.333 e. The van der Waals surface area contributed by atoms with Crippen LogP contribution in [0.25, 0.3) is 0 Å². The molecule has 1 heterocycles. The Morgan fingerprint density at radius 2 is 1.71 bits per heavy atom. The van der Waals surface area contributed by atoms with Crippen LogP contribution < -0.4 is 4.90 Å². The molecule has 1 saturated heterocycles. The molecule has 4 nitrogen and oxygen atoms in total. The van der Waals surface area contributed by atoms with Crippen molar-refractivity contribution in [2.24, 2.45) is 22.7 Å². The number of amidine groups is 1. The van der Waals surface area contributed by atoms with Crippen LogP contribution in [-0.4, -0.2) is 40.5 Å². The summed E-state index contributed by atoms with van der Waals surface area (Å²) < 4.78 is 0. The zero-order chi connectivity index (χ0) is 19.5. The van der Waals surface area contributed by atoms with Crippen molar-refractivity contribution < 1.29 is 4.79 Å². The summed E-state index contributed by atoms with van der Waals surface area (Å²) in [5.41, 5.74) is 1.06. The summed E-state index contributed by atoms with van der Waals surface area (Å²) in [5.74, 6) is 3.59. The van der Waals surface area contributed by atoms with Gasteiger partial charge in [-0.15, -0.1) is 0 Å². The monoisotopic (exact) mass is 417 g/mol. The van der Waals surface area contributed by atoms with Crippen LogP contribution in [0.2, 0.25) is 5.02 Å². The molecule has 0 radical (unpaired) electrons. The van der Waals surface area contributed by atoms with Crippen LogP contribution in [0, 0.1) is 17.8 Å². The number of carbonyl (C=O) groups is 1. The van der Waals surface area contributed by atoms with Gasteiger partial charge < -0.3 is 4.90 Å². The number of nitrogens with zero attached hydrogens (tertiary/aromatic N) is 3. The van der Waals surface area contributed by atoms with E-state index in [9.17, 15) is 4.79 Å². The molecule has 1 atom stereocenters. The molecule has 28 heavy (non-hydrogen) atoms. The lowest BCUT2D eigenvalue weighted by molar-refractivity contribution is -0.117. The Balaban J connectivity index is 1.40. The van der Waals surface area contributed by atoms with Gasteiger partial charge in [0, 0.05) is 30.4 Å². The second-order valence-electron chi connectivity index (χ2n) is 9.30. The maximum atomic E-state index is 12.5. The van der Waals surface area contributed by atoms with Gasteiger partial charge in [-0.05, 0) is 80.5 Å². The maximum Gasteiger partial charge on any atom is 0.225 e. The first kappa shape index (κ1) is 18.8. The van der Waals surface area contributed by atoms with Gasteiger partial charge in [-0.1, -0.05) is 23.4 Å². The number of amides is 1. The van der Waals surface area contributed by atoms with Crippen LogP contribution in [-0.2, 0) is 4.79 Å². The minimum absolute atomic E-state index is 0.00339. The van der Waals surface area contributed by atoms with Crippen molar-refractivity contribution in [1.82, 2.24) is 4.90 Å². The van der Waals surface area contributed by atoms with Crippen molar-refractivity contribution in [3.8, 4) is 0 Å². The SMILES string of the molecule is CC(=O)N(c1ccc(Cl)cc1)C1CSC(=NC23CC4CC(CC(C4)C2)C3)N1C. The van der Waals surface area contributed by atoms with E-state index < -0.39 is 0 Å².